The molecule has 0 bridgehead atoms. The number of halogens is 3. The Morgan fingerprint density at radius 3 is 2.57 bits per heavy atom. The van der Waals surface area contributed by atoms with Gasteiger partial charge in [0.2, 0.25) is 5.91 Å². The lowest BCUT2D eigenvalue weighted by molar-refractivity contribution is -0.139. The van der Waals surface area contributed by atoms with Gasteiger partial charge in [-0.3, -0.25) is 4.79 Å². The summed E-state index contributed by atoms with van der Waals surface area (Å²) in [5, 5.41) is 0. The van der Waals surface area contributed by atoms with Crippen LogP contribution < -0.4 is 5.73 Å². The van der Waals surface area contributed by atoms with Crippen LogP contribution in [0.4, 0.5) is 18.9 Å². The van der Waals surface area contributed by atoms with Crippen molar-refractivity contribution in [2.24, 2.45) is 11.8 Å². The highest BCUT2D eigenvalue weighted by molar-refractivity contribution is 5.78. The highest BCUT2D eigenvalue weighted by Crippen LogP contribution is 2.35. The highest BCUT2D eigenvalue weighted by Gasteiger charge is 2.36. The predicted molar refractivity (Wildman–Crippen MR) is 74.2 cm³/mol. The quantitative estimate of drug-likeness (QED) is 0.871. The van der Waals surface area contributed by atoms with E-state index >= 15 is 0 Å². The van der Waals surface area contributed by atoms with Crippen molar-refractivity contribution in [1.29, 1.82) is 0 Å². The average molecular weight is 300 g/mol. The molecule has 1 aromatic rings. The summed E-state index contributed by atoms with van der Waals surface area (Å²) in [6, 6.07) is 3.72. The molecule has 1 aliphatic heterocycles. The number of alkyl halides is 3. The Balaban J connectivity index is 2.23. The number of benzene rings is 1. The highest BCUT2D eigenvalue weighted by atomic mass is 19.4. The van der Waals surface area contributed by atoms with Crippen LogP contribution in [0.5, 0.6) is 0 Å². The molecule has 1 aromatic carbocycles. The van der Waals surface area contributed by atoms with Gasteiger partial charge in [0.1, 0.15) is 0 Å². The summed E-state index contributed by atoms with van der Waals surface area (Å²) in [7, 11) is 0. The van der Waals surface area contributed by atoms with Crippen LogP contribution in [0.3, 0.4) is 0 Å². The molecular weight excluding hydrogens is 281 g/mol. The van der Waals surface area contributed by atoms with Crippen molar-refractivity contribution >= 4 is 11.6 Å². The number of nitrogens with two attached hydrogens (primary N) is 1. The largest absolute Gasteiger partial charge is 0.416 e. The second kappa shape index (κ2) is 5.58. The maximum atomic E-state index is 13.0. The molecule has 0 aromatic heterocycles. The van der Waals surface area contributed by atoms with Gasteiger partial charge in [0.05, 0.1) is 5.56 Å². The zero-order valence-electron chi connectivity index (χ0n) is 12.1. The van der Waals surface area contributed by atoms with Crippen molar-refractivity contribution in [2.75, 3.05) is 12.3 Å². The first kappa shape index (κ1) is 15.7. The summed E-state index contributed by atoms with van der Waals surface area (Å²) >= 11 is 0. The molecule has 1 atom stereocenters. The Kier molecular flexibility index (Phi) is 4.16. The summed E-state index contributed by atoms with van der Waals surface area (Å²) in [6.07, 6.45) is -4.06. The Morgan fingerprint density at radius 1 is 1.38 bits per heavy atom. The minimum Gasteiger partial charge on any atom is -0.399 e. The summed E-state index contributed by atoms with van der Waals surface area (Å²) in [5.41, 5.74) is 4.84. The number of carbonyl (C=O) groups is 1. The van der Waals surface area contributed by atoms with Crippen molar-refractivity contribution in [1.82, 2.24) is 4.90 Å². The fourth-order valence-electron chi connectivity index (χ4n) is 2.60. The van der Waals surface area contributed by atoms with Crippen molar-refractivity contribution in [2.45, 2.75) is 33.0 Å². The van der Waals surface area contributed by atoms with Crippen molar-refractivity contribution in [3.05, 3.63) is 29.3 Å². The lowest BCUT2D eigenvalue weighted by Gasteiger charge is -2.21. The summed E-state index contributed by atoms with van der Waals surface area (Å²) in [4.78, 5) is 13.4. The number of rotatable bonds is 3. The second-order valence-corrected chi connectivity index (χ2v) is 5.90. The Labute approximate surface area is 121 Å². The lowest BCUT2D eigenvalue weighted by atomic mass is 9.95. The molecule has 2 rings (SSSR count). The molecule has 21 heavy (non-hydrogen) atoms. The predicted octanol–water partition coefficient (Wildman–Crippen LogP) is 3.29. The van der Waals surface area contributed by atoms with Gasteiger partial charge in [0.15, 0.2) is 0 Å². The Hall–Kier alpha value is -1.72. The van der Waals surface area contributed by atoms with Crippen molar-refractivity contribution in [3.8, 4) is 0 Å². The van der Waals surface area contributed by atoms with Gasteiger partial charge in [-0.25, -0.2) is 0 Å². The van der Waals surface area contributed by atoms with Crippen molar-refractivity contribution in [3.63, 3.8) is 0 Å². The van der Waals surface area contributed by atoms with Gasteiger partial charge in [-0.05, 0) is 29.5 Å². The number of nitrogens with zero attached hydrogens (tertiary/aromatic N) is 1. The van der Waals surface area contributed by atoms with Crippen molar-refractivity contribution < 1.29 is 18.0 Å². The van der Waals surface area contributed by atoms with Gasteiger partial charge in [-0.2, -0.15) is 13.2 Å². The van der Waals surface area contributed by atoms with E-state index in [2.05, 4.69) is 0 Å². The summed E-state index contributed by atoms with van der Waals surface area (Å²) < 4.78 is 39.1. The molecule has 1 fully saturated rings. The summed E-state index contributed by atoms with van der Waals surface area (Å²) in [5.74, 6) is 0.465. The molecule has 6 heteroatoms. The van der Waals surface area contributed by atoms with Gasteiger partial charge in [-0.1, -0.05) is 19.9 Å². The van der Waals surface area contributed by atoms with Gasteiger partial charge < -0.3 is 10.6 Å². The standard InChI is InChI=1S/C15H19F3N2O/c1-9(2)11-5-14(21)20(8-11)7-10-3-4-12(19)6-13(10)15(16,17)18/h3-4,6,9,11H,5,7-8,19H2,1-2H3. The zero-order chi connectivity index (χ0) is 15.8. The first-order valence-corrected chi connectivity index (χ1v) is 6.92. The smallest absolute Gasteiger partial charge is 0.399 e. The molecule has 0 radical (unpaired) electrons. The van der Waals surface area contributed by atoms with Crippen LogP contribution in [0.1, 0.15) is 31.4 Å². The van der Waals surface area contributed by atoms with Crippen LogP contribution in [0.25, 0.3) is 0 Å². The molecule has 1 heterocycles. The van der Waals surface area contributed by atoms with E-state index in [1.54, 1.807) is 0 Å². The molecule has 1 aliphatic rings. The van der Waals surface area contributed by atoms with E-state index in [-0.39, 0.29) is 29.6 Å². The molecule has 3 nitrogen and oxygen atoms in total. The second-order valence-electron chi connectivity index (χ2n) is 5.90. The van der Waals surface area contributed by atoms with E-state index in [9.17, 15) is 18.0 Å². The van der Waals surface area contributed by atoms with E-state index in [4.69, 9.17) is 5.73 Å². The third kappa shape index (κ3) is 3.49. The van der Waals surface area contributed by atoms with E-state index in [0.717, 1.165) is 6.07 Å². The minimum absolute atomic E-state index is 0.0167. The topological polar surface area (TPSA) is 46.3 Å². The molecule has 0 spiro atoms. The molecule has 2 N–H and O–H groups in total. The van der Waals surface area contributed by atoms with Crippen LogP contribution in [0.15, 0.2) is 18.2 Å². The molecule has 1 amide bonds. The SMILES string of the molecule is CC(C)C1CC(=O)N(Cc2ccc(N)cc2C(F)(F)F)C1. The van der Waals surface area contributed by atoms with Crippen LogP contribution in [0.2, 0.25) is 0 Å². The van der Waals surface area contributed by atoms with Gasteiger partial charge in [0, 0.05) is 25.2 Å². The minimum atomic E-state index is -4.47. The normalized spacial score (nSPS) is 19.6. The first-order valence-electron chi connectivity index (χ1n) is 6.92. The van der Waals surface area contributed by atoms with Crippen LogP contribution >= 0.6 is 0 Å². The fraction of sp³-hybridized carbons (Fsp3) is 0.533. The molecule has 1 unspecified atom stereocenters. The third-order valence-electron chi connectivity index (χ3n) is 3.99. The molecular formula is C15H19F3N2O. The monoisotopic (exact) mass is 300 g/mol. The zero-order valence-corrected chi connectivity index (χ0v) is 12.1. The Bertz CT molecular complexity index is 540. The number of hydrogen-bond acceptors (Lipinski definition) is 2. The Morgan fingerprint density at radius 2 is 2.05 bits per heavy atom. The van der Waals surface area contributed by atoms with Crippen LogP contribution in [0, 0.1) is 11.8 Å². The first-order chi connectivity index (χ1) is 9.68. The number of hydrogen-bond donors (Lipinski definition) is 1. The number of likely N-dealkylation sites (tertiary alicyclic amines) is 1. The van der Waals surface area contributed by atoms with Crippen LogP contribution in [-0.4, -0.2) is 17.4 Å². The van der Waals surface area contributed by atoms with E-state index in [1.165, 1.54) is 17.0 Å². The van der Waals surface area contributed by atoms with E-state index in [1.807, 2.05) is 13.8 Å². The molecule has 0 aliphatic carbocycles. The van der Waals surface area contributed by atoms with Gasteiger partial charge in [-0.15, -0.1) is 0 Å². The molecule has 1 saturated heterocycles. The number of nitrogen functional groups attached to an aromatic ring is 1. The fourth-order valence-corrected chi connectivity index (χ4v) is 2.60. The lowest BCUT2D eigenvalue weighted by Crippen LogP contribution is -2.26. The number of amides is 1. The number of carbonyl (C=O) groups excluding carboxylic acids is 1. The summed E-state index contributed by atoms with van der Waals surface area (Å²) in [6.45, 7) is 4.53. The maximum absolute atomic E-state index is 13.0. The average Bonchev–Trinajstić information content (AvgIpc) is 2.72. The van der Waals surface area contributed by atoms with E-state index in [0.29, 0.717) is 18.9 Å². The molecule has 116 valence electrons. The van der Waals surface area contributed by atoms with Crippen LogP contribution in [-0.2, 0) is 17.5 Å². The van der Waals surface area contributed by atoms with Gasteiger partial charge >= 0.3 is 6.18 Å². The number of anilines is 1. The van der Waals surface area contributed by atoms with Gasteiger partial charge in [0.25, 0.3) is 0 Å². The third-order valence-corrected chi connectivity index (χ3v) is 3.99. The molecule has 0 saturated carbocycles. The van der Waals surface area contributed by atoms with E-state index < -0.39 is 11.7 Å². The maximum Gasteiger partial charge on any atom is 0.416 e.